The van der Waals surface area contributed by atoms with Gasteiger partial charge in [-0.25, -0.2) is 4.98 Å². The van der Waals surface area contributed by atoms with Gasteiger partial charge in [0.2, 0.25) is 0 Å². The lowest BCUT2D eigenvalue weighted by molar-refractivity contribution is 0.667. The molecule has 0 fully saturated rings. The van der Waals surface area contributed by atoms with Crippen LogP contribution >= 0.6 is 0 Å². The molecule has 0 aliphatic heterocycles. The molecule has 4 heteroatoms. The summed E-state index contributed by atoms with van der Waals surface area (Å²) in [5.41, 5.74) is 1.80. The molecule has 0 aliphatic carbocycles. The fourth-order valence-electron chi connectivity index (χ4n) is 1.59. The smallest absolute Gasteiger partial charge is 0.120 e. The summed E-state index contributed by atoms with van der Waals surface area (Å²) in [5, 5.41) is 8.87. The van der Waals surface area contributed by atoms with E-state index in [0.29, 0.717) is 12.2 Å². The van der Waals surface area contributed by atoms with E-state index >= 15 is 0 Å². The van der Waals surface area contributed by atoms with Crippen LogP contribution < -0.4 is 0 Å². The van der Waals surface area contributed by atoms with Gasteiger partial charge in [0.1, 0.15) is 11.8 Å². The summed E-state index contributed by atoms with van der Waals surface area (Å²) < 4.78 is 3.99. The maximum atomic E-state index is 8.87. The van der Waals surface area contributed by atoms with Gasteiger partial charge in [-0.2, -0.15) is 5.26 Å². The highest BCUT2D eigenvalue weighted by Crippen LogP contribution is 2.06. The molecule has 4 nitrogen and oxygen atoms in total. The van der Waals surface area contributed by atoms with E-state index in [1.54, 1.807) is 0 Å². The Labute approximate surface area is 88.4 Å². The minimum absolute atomic E-state index is 0.679. The molecular formula is C11H12N4. The van der Waals surface area contributed by atoms with Crippen LogP contribution in [0.2, 0.25) is 0 Å². The van der Waals surface area contributed by atoms with Crippen LogP contribution in [0.4, 0.5) is 0 Å². The second-order valence-electron chi connectivity index (χ2n) is 3.30. The molecule has 2 heterocycles. The minimum Gasteiger partial charge on any atom is -0.333 e. The van der Waals surface area contributed by atoms with Crippen molar-refractivity contribution in [2.75, 3.05) is 0 Å². The topological polar surface area (TPSA) is 46.5 Å². The number of nitriles is 1. The Bertz CT molecular complexity index is 487. The van der Waals surface area contributed by atoms with Gasteiger partial charge in [0, 0.05) is 18.9 Å². The molecule has 15 heavy (non-hydrogen) atoms. The average Bonchev–Trinajstić information content (AvgIpc) is 2.87. The summed E-state index contributed by atoms with van der Waals surface area (Å²) >= 11 is 0. The molecule has 0 unspecified atom stereocenters. The predicted molar refractivity (Wildman–Crippen MR) is 56.2 cm³/mol. The van der Waals surface area contributed by atoms with Crippen LogP contribution in [0.25, 0.3) is 0 Å². The fraction of sp³-hybridized carbons (Fsp3) is 0.273. The normalized spacial score (nSPS) is 10.1. The third-order valence-corrected chi connectivity index (χ3v) is 2.42. The molecule has 76 valence electrons. The largest absolute Gasteiger partial charge is 0.333 e. The summed E-state index contributed by atoms with van der Waals surface area (Å²) in [5.74, 6) is 0. The zero-order chi connectivity index (χ0) is 10.7. The quantitative estimate of drug-likeness (QED) is 0.755. The number of hydrogen-bond donors (Lipinski definition) is 0. The molecule has 2 rings (SSSR count). The number of imidazole rings is 1. The van der Waals surface area contributed by atoms with Crippen LogP contribution in [-0.4, -0.2) is 14.1 Å². The van der Waals surface area contributed by atoms with E-state index in [-0.39, 0.29) is 0 Å². The van der Waals surface area contributed by atoms with Gasteiger partial charge in [0.25, 0.3) is 0 Å². The van der Waals surface area contributed by atoms with Crippen molar-refractivity contribution in [2.45, 2.75) is 20.0 Å². The van der Waals surface area contributed by atoms with E-state index in [0.717, 1.165) is 12.2 Å². The first-order valence-corrected chi connectivity index (χ1v) is 4.89. The lowest BCUT2D eigenvalue weighted by Crippen LogP contribution is -2.06. The highest BCUT2D eigenvalue weighted by molar-refractivity contribution is 5.23. The van der Waals surface area contributed by atoms with Crippen LogP contribution in [0.15, 0.2) is 30.9 Å². The summed E-state index contributed by atoms with van der Waals surface area (Å²) in [6.07, 6.45) is 5.56. The van der Waals surface area contributed by atoms with E-state index in [4.69, 9.17) is 5.26 Å². The van der Waals surface area contributed by atoms with Gasteiger partial charge < -0.3 is 9.13 Å². The van der Waals surface area contributed by atoms with Crippen LogP contribution in [0, 0.1) is 11.3 Å². The molecule has 0 amide bonds. The van der Waals surface area contributed by atoms with Crippen LogP contribution in [0.1, 0.15) is 18.3 Å². The molecule has 0 N–H and O–H groups in total. The number of nitrogens with zero attached hydrogens (tertiary/aromatic N) is 4. The van der Waals surface area contributed by atoms with Crippen molar-refractivity contribution in [3.8, 4) is 6.07 Å². The number of hydrogen-bond acceptors (Lipinski definition) is 2. The molecule has 0 aliphatic rings. The summed E-state index contributed by atoms with van der Waals surface area (Å²) in [6, 6.07) is 5.85. The van der Waals surface area contributed by atoms with E-state index in [1.807, 2.05) is 35.4 Å². The van der Waals surface area contributed by atoms with Crippen LogP contribution in [0.3, 0.4) is 0 Å². The number of aryl methyl sites for hydroxylation is 1. The lowest BCUT2D eigenvalue weighted by Gasteiger charge is -2.06. The molecule has 2 aromatic heterocycles. The molecule has 0 spiro atoms. The Kier molecular flexibility index (Phi) is 2.55. The summed E-state index contributed by atoms with van der Waals surface area (Å²) in [4.78, 5) is 4.10. The van der Waals surface area contributed by atoms with Crippen molar-refractivity contribution in [1.82, 2.24) is 14.1 Å². The van der Waals surface area contributed by atoms with Gasteiger partial charge in [-0.05, 0) is 19.1 Å². The van der Waals surface area contributed by atoms with Crippen molar-refractivity contribution in [3.63, 3.8) is 0 Å². The van der Waals surface area contributed by atoms with Crippen molar-refractivity contribution in [3.05, 3.63) is 42.2 Å². The zero-order valence-electron chi connectivity index (χ0n) is 8.59. The Morgan fingerprint density at radius 3 is 3.07 bits per heavy atom. The third kappa shape index (κ3) is 1.77. The Hall–Kier alpha value is -2.02. The molecule has 0 atom stereocenters. The maximum absolute atomic E-state index is 8.87. The predicted octanol–water partition coefficient (Wildman–Crippen LogP) is 1.62. The molecular weight excluding hydrogens is 188 g/mol. The highest BCUT2D eigenvalue weighted by atomic mass is 15.1. The van der Waals surface area contributed by atoms with E-state index in [9.17, 15) is 0 Å². The highest BCUT2D eigenvalue weighted by Gasteiger charge is 2.04. The van der Waals surface area contributed by atoms with Crippen molar-refractivity contribution >= 4 is 0 Å². The lowest BCUT2D eigenvalue weighted by atomic mass is 10.4. The Morgan fingerprint density at radius 2 is 2.33 bits per heavy atom. The summed E-state index contributed by atoms with van der Waals surface area (Å²) in [6.45, 7) is 3.67. The van der Waals surface area contributed by atoms with Gasteiger partial charge in [-0.1, -0.05) is 0 Å². The van der Waals surface area contributed by atoms with Crippen LogP contribution in [-0.2, 0) is 13.1 Å². The number of rotatable bonds is 3. The Balaban J connectivity index is 2.26. The molecule has 0 aromatic carbocycles. The fourth-order valence-corrected chi connectivity index (χ4v) is 1.59. The van der Waals surface area contributed by atoms with Crippen LogP contribution in [0.5, 0.6) is 0 Å². The number of aromatic nitrogens is 3. The molecule has 0 saturated heterocycles. The van der Waals surface area contributed by atoms with Gasteiger partial charge in [0.15, 0.2) is 0 Å². The standard InChI is InChI=1S/C11H12N4/c1-2-14-9-13-7-11(14)8-15-5-3-4-10(15)6-12/h3-5,7,9H,2,8H2,1H3. The first kappa shape index (κ1) is 9.53. The first-order chi connectivity index (χ1) is 7.35. The van der Waals surface area contributed by atoms with E-state index in [1.165, 1.54) is 0 Å². The average molecular weight is 200 g/mol. The SMILES string of the molecule is CCn1cncc1Cn1cccc1C#N. The monoisotopic (exact) mass is 200 g/mol. The van der Waals surface area contributed by atoms with E-state index < -0.39 is 0 Å². The first-order valence-electron chi connectivity index (χ1n) is 4.89. The maximum Gasteiger partial charge on any atom is 0.120 e. The Morgan fingerprint density at radius 1 is 1.47 bits per heavy atom. The summed E-state index contributed by atoms with van der Waals surface area (Å²) in [7, 11) is 0. The zero-order valence-corrected chi connectivity index (χ0v) is 8.59. The van der Waals surface area contributed by atoms with Gasteiger partial charge in [-0.15, -0.1) is 0 Å². The van der Waals surface area contributed by atoms with Crippen molar-refractivity contribution in [1.29, 1.82) is 5.26 Å². The van der Waals surface area contributed by atoms with Gasteiger partial charge in [0.05, 0.1) is 18.6 Å². The van der Waals surface area contributed by atoms with Crippen molar-refractivity contribution in [2.24, 2.45) is 0 Å². The molecule has 0 radical (unpaired) electrons. The van der Waals surface area contributed by atoms with E-state index in [2.05, 4.69) is 22.5 Å². The molecule has 0 bridgehead atoms. The third-order valence-electron chi connectivity index (χ3n) is 2.42. The second-order valence-corrected chi connectivity index (χ2v) is 3.30. The minimum atomic E-state index is 0.679. The van der Waals surface area contributed by atoms with Crippen molar-refractivity contribution < 1.29 is 0 Å². The van der Waals surface area contributed by atoms with Gasteiger partial charge >= 0.3 is 0 Å². The second kappa shape index (κ2) is 4.01. The molecule has 2 aromatic rings. The van der Waals surface area contributed by atoms with Gasteiger partial charge in [-0.3, -0.25) is 0 Å². The molecule has 0 saturated carbocycles.